The molecule has 0 saturated carbocycles. The van der Waals surface area contributed by atoms with Crippen LogP contribution in [0.3, 0.4) is 0 Å². The van der Waals surface area contributed by atoms with Gasteiger partial charge in [0, 0.05) is 23.1 Å². The van der Waals surface area contributed by atoms with Crippen molar-refractivity contribution in [1.29, 1.82) is 0 Å². The van der Waals surface area contributed by atoms with Crippen molar-refractivity contribution in [2.45, 2.75) is 57.9 Å². The fraction of sp³-hybridized carbons (Fsp3) is 0.407. The number of allylic oxidation sites excluding steroid dienone is 1. The van der Waals surface area contributed by atoms with E-state index in [4.69, 9.17) is 9.84 Å². The van der Waals surface area contributed by atoms with E-state index in [1.54, 1.807) is 18.2 Å². The molecule has 1 N–H and O–H groups in total. The van der Waals surface area contributed by atoms with Gasteiger partial charge in [-0.05, 0) is 38.8 Å². The molecule has 0 amide bonds. The lowest BCUT2D eigenvalue weighted by atomic mass is 9.97. The zero-order valence-electron chi connectivity index (χ0n) is 21.7. The second kappa shape index (κ2) is 10.0. The smallest absolute Gasteiger partial charge is 0.346 e. The zero-order chi connectivity index (χ0) is 26.0. The van der Waals surface area contributed by atoms with E-state index < -0.39 is 21.5 Å². The molecule has 2 aromatic carbocycles. The van der Waals surface area contributed by atoms with Gasteiger partial charge in [0.15, 0.2) is 5.70 Å². The Morgan fingerprint density at radius 2 is 1.63 bits per heavy atom. The molecular formula is C27H36N3O4S+. The number of quaternary nitrogens is 1. The van der Waals surface area contributed by atoms with Crippen molar-refractivity contribution in [2.24, 2.45) is 5.10 Å². The van der Waals surface area contributed by atoms with Gasteiger partial charge in [-0.25, -0.2) is 17.9 Å². The third-order valence-corrected chi connectivity index (χ3v) is 7.71. The summed E-state index contributed by atoms with van der Waals surface area (Å²) in [4.78, 5) is 13.0. The number of ether oxygens (including phenoxy) is 1. The maximum atomic E-state index is 13.1. The van der Waals surface area contributed by atoms with Crippen molar-refractivity contribution in [1.82, 2.24) is 4.72 Å². The van der Waals surface area contributed by atoms with Crippen LogP contribution in [-0.4, -0.2) is 50.9 Å². The van der Waals surface area contributed by atoms with Gasteiger partial charge >= 0.3 is 5.97 Å². The molecule has 2 aromatic rings. The Bertz CT molecular complexity index is 1270. The fourth-order valence-corrected chi connectivity index (χ4v) is 6.22. The SMILES string of the molecule is CCC[N+]1(C)N=C(c2ccc(-c3ccccc3S(=O)(=O)NC(C)(C)C)cc2)C(C(=O)OC)=C1CC. The van der Waals surface area contributed by atoms with Crippen molar-refractivity contribution in [3.8, 4) is 11.1 Å². The highest BCUT2D eigenvalue weighted by Crippen LogP contribution is 2.35. The van der Waals surface area contributed by atoms with E-state index in [-0.39, 0.29) is 4.90 Å². The Labute approximate surface area is 209 Å². The van der Waals surface area contributed by atoms with Gasteiger partial charge in [0.25, 0.3) is 0 Å². The summed E-state index contributed by atoms with van der Waals surface area (Å²) < 4.78 is 34.3. The average molecular weight is 499 g/mol. The molecule has 1 aliphatic heterocycles. The molecule has 0 fully saturated rings. The fourth-order valence-electron chi connectivity index (χ4n) is 4.57. The second-order valence-corrected chi connectivity index (χ2v) is 11.6. The molecule has 1 aliphatic rings. The predicted octanol–water partition coefficient (Wildman–Crippen LogP) is 4.84. The minimum absolute atomic E-state index is 0.219. The van der Waals surface area contributed by atoms with E-state index in [0.29, 0.717) is 27.9 Å². The van der Waals surface area contributed by atoms with Crippen LogP contribution in [0, 0.1) is 0 Å². The molecule has 0 bridgehead atoms. The highest BCUT2D eigenvalue weighted by molar-refractivity contribution is 7.89. The van der Waals surface area contributed by atoms with Crippen LogP contribution in [-0.2, 0) is 19.6 Å². The molecule has 3 rings (SSSR count). The number of esters is 1. The monoisotopic (exact) mass is 498 g/mol. The number of nitrogens with one attached hydrogen (secondary N) is 1. The van der Waals surface area contributed by atoms with Crippen molar-refractivity contribution >= 4 is 21.7 Å². The third-order valence-electron chi connectivity index (χ3n) is 5.90. The van der Waals surface area contributed by atoms with E-state index in [2.05, 4.69) is 11.6 Å². The Balaban J connectivity index is 2.08. The van der Waals surface area contributed by atoms with Gasteiger partial charge in [0.05, 0.1) is 19.1 Å². The number of carbonyl (C=O) groups is 1. The summed E-state index contributed by atoms with van der Waals surface area (Å²) >= 11 is 0. The highest BCUT2D eigenvalue weighted by atomic mass is 32.2. The van der Waals surface area contributed by atoms with Crippen molar-refractivity contribution in [2.75, 3.05) is 20.7 Å². The van der Waals surface area contributed by atoms with Gasteiger partial charge in [-0.2, -0.15) is 4.59 Å². The lowest BCUT2D eigenvalue weighted by Crippen LogP contribution is -2.40. The number of sulfonamides is 1. The molecule has 1 unspecified atom stereocenters. The van der Waals surface area contributed by atoms with Crippen LogP contribution in [0.1, 0.15) is 53.0 Å². The predicted molar refractivity (Wildman–Crippen MR) is 139 cm³/mol. The van der Waals surface area contributed by atoms with Crippen molar-refractivity contribution in [3.63, 3.8) is 0 Å². The first-order chi connectivity index (χ1) is 16.4. The quantitative estimate of drug-likeness (QED) is 0.417. The molecule has 8 heteroatoms. The Kier molecular flexibility index (Phi) is 7.69. The number of methoxy groups -OCH3 is 1. The van der Waals surface area contributed by atoms with E-state index in [1.807, 2.05) is 65.1 Å². The van der Waals surface area contributed by atoms with E-state index in [0.717, 1.165) is 29.8 Å². The number of rotatable bonds is 8. The summed E-state index contributed by atoms with van der Waals surface area (Å²) in [7, 11) is -0.330. The Morgan fingerprint density at radius 1 is 1.03 bits per heavy atom. The zero-order valence-corrected chi connectivity index (χ0v) is 22.5. The first-order valence-corrected chi connectivity index (χ1v) is 13.4. The summed E-state index contributed by atoms with van der Waals surface area (Å²) in [5.41, 5.74) is 3.59. The number of hydrogen-bond donors (Lipinski definition) is 1. The van der Waals surface area contributed by atoms with Crippen LogP contribution in [0.5, 0.6) is 0 Å². The minimum Gasteiger partial charge on any atom is -0.465 e. The number of carbonyl (C=O) groups excluding carboxylic acids is 1. The lowest BCUT2D eigenvalue weighted by molar-refractivity contribution is -0.878. The van der Waals surface area contributed by atoms with Crippen LogP contribution in [0.4, 0.5) is 0 Å². The van der Waals surface area contributed by atoms with Crippen molar-refractivity contribution < 1.29 is 22.5 Å². The first-order valence-electron chi connectivity index (χ1n) is 11.9. The highest BCUT2D eigenvalue weighted by Gasteiger charge is 2.42. The molecule has 0 spiro atoms. The van der Waals surface area contributed by atoms with E-state index in [9.17, 15) is 13.2 Å². The molecule has 1 atom stereocenters. The molecule has 0 aliphatic carbocycles. The summed E-state index contributed by atoms with van der Waals surface area (Å²) in [5.74, 6) is -0.396. The maximum Gasteiger partial charge on any atom is 0.346 e. The van der Waals surface area contributed by atoms with Gasteiger partial charge in [-0.3, -0.25) is 0 Å². The van der Waals surface area contributed by atoms with Gasteiger partial charge in [0.1, 0.15) is 17.8 Å². The molecule has 0 aromatic heterocycles. The molecule has 0 saturated heterocycles. The lowest BCUT2D eigenvalue weighted by Gasteiger charge is -2.25. The summed E-state index contributed by atoms with van der Waals surface area (Å²) in [6.45, 7) is 10.3. The van der Waals surface area contributed by atoms with Crippen LogP contribution in [0.15, 0.2) is 69.8 Å². The topological polar surface area (TPSA) is 84.8 Å². The third kappa shape index (κ3) is 5.55. The maximum absolute atomic E-state index is 13.1. The largest absolute Gasteiger partial charge is 0.465 e. The van der Waals surface area contributed by atoms with Gasteiger partial charge < -0.3 is 4.74 Å². The van der Waals surface area contributed by atoms with E-state index in [1.165, 1.54) is 7.11 Å². The van der Waals surface area contributed by atoms with Crippen LogP contribution in [0.25, 0.3) is 11.1 Å². The Hall–Kier alpha value is -2.81. The Morgan fingerprint density at radius 3 is 2.17 bits per heavy atom. The first kappa shape index (κ1) is 26.8. The molecule has 7 nitrogen and oxygen atoms in total. The molecule has 1 heterocycles. The molecule has 0 radical (unpaired) electrons. The molecular weight excluding hydrogens is 462 g/mol. The van der Waals surface area contributed by atoms with Crippen LogP contribution >= 0.6 is 0 Å². The number of hydrogen-bond acceptors (Lipinski definition) is 5. The van der Waals surface area contributed by atoms with E-state index >= 15 is 0 Å². The standard InChI is InChI=1S/C27H36N3O4S/c1-8-18-30(6)22(9-2)24(26(31)34-7)25(28-30)20-16-14-19(15-17-20)21-12-10-11-13-23(21)35(32,33)29-27(3,4)5/h10-17,29H,8-9,18H2,1-7H3/q+1. The molecule has 35 heavy (non-hydrogen) atoms. The normalized spacial score (nSPS) is 18.5. The van der Waals surface area contributed by atoms with Gasteiger partial charge in [0.2, 0.25) is 10.0 Å². The number of nitrogens with zero attached hydrogens (tertiary/aromatic N) is 2. The van der Waals surface area contributed by atoms with Crippen LogP contribution < -0.4 is 4.72 Å². The van der Waals surface area contributed by atoms with Crippen LogP contribution in [0.2, 0.25) is 0 Å². The van der Waals surface area contributed by atoms with Crippen molar-refractivity contribution in [3.05, 3.63) is 65.4 Å². The second-order valence-electron chi connectivity index (χ2n) is 9.91. The van der Waals surface area contributed by atoms with Gasteiger partial charge in [-0.1, -0.05) is 61.4 Å². The van der Waals surface area contributed by atoms with Gasteiger partial charge in [-0.15, -0.1) is 0 Å². The summed E-state index contributed by atoms with van der Waals surface area (Å²) in [5, 5.41) is 4.96. The average Bonchev–Trinajstić information content (AvgIpc) is 3.09. The molecule has 188 valence electrons. The minimum atomic E-state index is -3.72. The summed E-state index contributed by atoms with van der Waals surface area (Å²) in [6.07, 6.45) is 1.59. The number of benzene rings is 2. The summed E-state index contributed by atoms with van der Waals surface area (Å²) in [6, 6.07) is 14.4.